The van der Waals surface area contributed by atoms with E-state index in [9.17, 15) is 0 Å². The summed E-state index contributed by atoms with van der Waals surface area (Å²) in [6.07, 6.45) is 7.30. The Morgan fingerprint density at radius 3 is 2.41 bits per heavy atom. The fraction of sp³-hybridized carbons (Fsp3) is 0.647. The van der Waals surface area contributed by atoms with Crippen molar-refractivity contribution in [1.29, 1.82) is 0 Å². The van der Waals surface area contributed by atoms with E-state index in [0.29, 0.717) is 11.7 Å². The summed E-state index contributed by atoms with van der Waals surface area (Å²) in [5.41, 5.74) is 9.78. The number of rotatable bonds is 9. The number of aryl methyl sites for hydroxylation is 1. The van der Waals surface area contributed by atoms with E-state index in [1.165, 1.54) is 38.5 Å². The number of hydrogen-bond donors (Lipinski definition) is 2. The number of aliphatic imine (C=N–C) groups is 1. The predicted molar refractivity (Wildman–Crippen MR) is 106 cm³/mol. The number of nitrogen functional groups attached to an aromatic ring is 1. The Bertz CT molecular complexity index is 492. The van der Waals surface area contributed by atoms with Crippen LogP contribution in [0.2, 0.25) is 0 Å². The maximum absolute atomic E-state index is 6.32. The van der Waals surface area contributed by atoms with Crippen LogP contribution in [0.15, 0.2) is 11.1 Å². The molecule has 0 radical (unpaired) electrons. The standard InChI is InChI=1S/C17H29IN4/c1-5-7-9-13(10-8-6-2)22-14-11-12(3)21-16(15(14)19)17(18)20-4/h11,13H,5-10,19H2,1-4H3,(H,21,22). The zero-order valence-electron chi connectivity index (χ0n) is 14.2. The van der Waals surface area contributed by atoms with E-state index >= 15 is 0 Å². The molecule has 0 aliphatic carbocycles. The molecule has 0 bridgehead atoms. The van der Waals surface area contributed by atoms with Crippen LogP contribution in [-0.2, 0) is 0 Å². The van der Waals surface area contributed by atoms with Crippen molar-refractivity contribution in [2.24, 2.45) is 4.99 Å². The van der Waals surface area contributed by atoms with Crippen molar-refractivity contribution in [2.45, 2.75) is 65.3 Å². The highest BCUT2D eigenvalue weighted by Crippen LogP contribution is 2.27. The lowest BCUT2D eigenvalue weighted by Crippen LogP contribution is -2.21. The van der Waals surface area contributed by atoms with E-state index in [2.05, 4.69) is 51.7 Å². The second-order valence-corrected chi connectivity index (χ2v) is 6.74. The Morgan fingerprint density at radius 2 is 1.91 bits per heavy atom. The van der Waals surface area contributed by atoms with Crippen LogP contribution in [0.3, 0.4) is 0 Å². The van der Waals surface area contributed by atoms with Crippen molar-refractivity contribution >= 4 is 37.7 Å². The van der Waals surface area contributed by atoms with Crippen LogP contribution >= 0.6 is 22.6 Å². The smallest absolute Gasteiger partial charge is 0.123 e. The highest BCUT2D eigenvalue weighted by Gasteiger charge is 2.15. The van der Waals surface area contributed by atoms with Crippen molar-refractivity contribution in [3.8, 4) is 0 Å². The van der Waals surface area contributed by atoms with Gasteiger partial charge >= 0.3 is 0 Å². The maximum atomic E-state index is 6.32. The second-order valence-electron chi connectivity index (χ2n) is 5.71. The van der Waals surface area contributed by atoms with E-state index in [1.54, 1.807) is 7.05 Å². The minimum atomic E-state index is 0.480. The molecule has 22 heavy (non-hydrogen) atoms. The Hall–Kier alpha value is -0.850. The second kappa shape index (κ2) is 10.0. The number of nitrogens with one attached hydrogen (secondary N) is 1. The predicted octanol–water partition coefficient (Wildman–Crippen LogP) is 4.94. The van der Waals surface area contributed by atoms with Crippen LogP contribution in [0.25, 0.3) is 0 Å². The highest BCUT2D eigenvalue weighted by atomic mass is 127. The van der Waals surface area contributed by atoms with Gasteiger partial charge in [0.2, 0.25) is 0 Å². The van der Waals surface area contributed by atoms with E-state index in [1.807, 2.05) is 13.0 Å². The number of nitrogens with two attached hydrogens (primary N) is 1. The summed E-state index contributed by atoms with van der Waals surface area (Å²) in [6.45, 7) is 6.47. The van der Waals surface area contributed by atoms with Crippen LogP contribution in [0.1, 0.15) is 63.8 Å². The SMILES string of the molecule is CCCCC(CCCC)Nc1cc(C)nc(C(I)=NC)c1N. The largest absolute Gasteiger partial charge is 0.395 e. The number of anilines is 2. The first-order valence-electron chi connectivity index (χ1n) is 8.19. The summed E-state index contributed by atoms with van der Waals surface area (Å²) < 4.78 is 0.848. The lowest BCUT2D eigenvalue weighted by Gasteiger charge is -2.22. The van der Waals surface area contributed by atoms with Gasteiger partial charge < -0.3 is 11.1 Å². The molecule has 3 N–H and O–H groups in total. The third-order valence-corrected chi connectivity index (χ3v) is 4.74. The molecule has 4 nitrogen and oxygen atoms in total. The average Bonchev–Trinajstić information content (AvgIpc) is 2.52. The number of nitrogens with zero attached hydrogens (tertiary/aromatic N) is 2. The number of unbranched alkanes of at least 4 members (excludes halogenated alkanes) is 2. The van der Waals surface area contributed by atoms with Crippen LogP contribution in [0, 0.1) is 6.92 Å². The first kappa shape index (κ1) is 19.2. The third kappa shape index (κ3) is 5.74. The molecule has 0 aliphatic rings. The first-order chi connectivity index (χ1) is 10.5. The van der Waals surface area contributed by atoms with Gasteiger partial charge in [0.1, 0.15) is 9.41 Å². The molecule has 0 aromatic carbocycles. The molecule has 0 atom stereocenters. The van der Waals surface area contributed by atoms with E-state index in [4.69, 9.17) is 5.73 Å². The fourth-order valence-corrected chi connectivity index (χ4v) is 2.89. The quantitative estimate of drug-likeness (QED) is 0.443. The normalized spacial score (nSPS) is 12.0. The Balaban J connectivity index is 3.00. The Labute approximate surface area is 148 Å². The molecule has 1 aromatic rings. The van der Waals surface area contributed by atoms with Gasteiger partial charge in [0.05, 0.1) is 11.4 Å². The van der Waals surface area contributed by atoms with Gasteiger partial charge in [-0.25, -0.2) is 4.98 Å². The summed E-state index contributed by atoms with van der Waals surface area (Å²) in [5, 5.41) is 3.65. The number of hydrogen-bond acceptors (Lipinski definition) is 4. The van der Waals surface area contributed by atoms with Gasteiger partial charge in [0, 0.05) is 18.8 Å². The number of pyridine rings is 1. The molecule has 0 aliphatic heterocycles. The van der Waals surface area contributed by atoms with Crippen molar-refractivity contribution in [2.75, 3.05) is 18.1 Å². The zero-order valence-corrected chi connectivity index (χ0v) is 16.4. The lowest BCUT2D eigenvalue weighted by molar-refractivity contribution is 0.547. The van der Waals surface area contributed by atoms with Gasteiger partial charge in [-0.05, 0) is 48.4 Å². The van der Waals surface area contributed by atoms with Gasteiger partial charge in [-0.15, -0.1) is 0 Å². The van der Waals surface area contributed by atoms with Gasteiger partial charge in [0.25, 0.3) is 0 Å². The molecular weight excluding hydrogens is 387 g/mol. The molecule has 124 valence electrons. The minimum absolute atomic E-state index is 0.480. The maximum Gasteiger partial charge on any atom is 0.123 e. The summed E-state index contributed by atoms with van der Waals surface area (Å²) >= 11 is 2.19. The molecule has 0 saturated heterocycles. The van der Waals surface area contributed by atoms with Crippen molar-refractivity contribution in [3.05, 3.63) is 17.5 Å². The molecule has 0 amide bonds. The zero-order chi connectivity index (χ0) is 16.5. The van der Waals surface area contributed by atoms with Crippen LogP contribution in [-0.4, -0.2) is 21.8 Å². The van der Waals surface area contributed by atoms with Crippen LogP contribution < -0.4 is 11.1 Å². The molecule has 5 heteroatoms. The Kier molecular flexibility index (Phi) is 8.75. The first-order valence-corrected chi connectivity index (χ1v) is 9.27. The number of aromatic nitrogens is 1. The summed E-state index contributed by atoms with van der Waals surface area (Å²) in [6, 6.07) is 2.52. The topological polar surface area (TPSA) is 63.3 Å². The lowest BCUT2D eigenvalue weighted by atomic mass is 10.0. The van der Waals surface area contributed by atoms with Gasteiger partial charge in [-0.1, -0.05) is 39.5 Å². The molecule has 0 saturated carbocycles. The molecular formula is C17H29IN4. The van der Waals surface area contributed by atoms with Gasteiger partial charge in [-0.2, -0.15) is 0 Å². The van der Waals surface area contributed by atoms with Crippen molar-refractivity contribution in [3.63, 3.8) is 0 Å². The van der Waals surface area contributed by atoms with Crippen molar-refractivity contribution < 1.29 is 0 Å². The average molecular weight is 416 g/mol. The molecule has 1 heterocycles. The van der Waals surface area contributed by atoms with Gasteiger partial charge in [0.15, 0.2) is 0 Å². The van der Waals surface area contributed by atoms with Gasteiger partial charge in [-0.3, -0.25) is 4.99 Å². The van der Waals surface area contributed by atoms with Crippen LogP contribution in [0.4, 0.5) is 11.4 Å². The van der Waals surface area contributed by atoms with Crippen LogP contribution in [0.5, 0.6) is 0 Å². The molecule has 0 spiro atoms. The molecule has 0 unspecified atom stereocenters. The van der Waals surface area contributed by atoms with Crippen molar-refractivity contribution in [1.82, 2.24) is 4.98 Å². The third-order valence-electron chi connectivity index (χ3n) is 3.75. The fourth-order valence-electron chi connectivity index (χ4n) is 2.48. The number of halogens is 1. The minimum Gasteiger partial charge on any atom is -0.395 e. The highest BCUT2D eigenvalue weighted by molar-refractivity contribution is 14.1. The summed E-state index contributed by atoms with van der Waals surface area (Å²) in [7, 11) is 1.77. The van der Waals surface area contributed by atoms with E-state index < -0.39 is 0 Å². The Morgan fingerprint density at radius 1 is 1.32 bits per heavy atom. The van der Waals surface area contributed by atoms with E-state index in [0.717, 1.165) is 20.8 Å². The molecule has 1 aromatic heterocycles. The molecule has 1 rings (SSSR count). The molecule has 0 fully saturated rings. The van der Waals surface area contributed by atoms with E-state index in [-0.39, 0.29) is 0 Å². The summed E-state index contributed by atoms with van der Waals surface area (Å²) in [4.78, 5) is 8.75. The summed E-state index contributed by atoms with van der Waals surface area (Å²) in [5.74, 6) is 0. The monoisotopic (exact) mass is 416 g/mol.